The second-order valence-corrected chi connectivity index (χ2v) is 6.04. The summed E-state index contributed by atoms with van der Waals surface area (Å²) in [7, 11) is 0. The molecular weight excluding hydrogens is 288 g/mol. The molecule has 2 aromatic carbocycles. The lowest BCUT2D eigenvalue weighted by atomic mass is 9.85. The van der Waals surface area contributed by atoms with Crippen molar-refractivity contribution in [2.24, 2.45) is 17.4 Å². The van der Waals surface area contributed by atoms with Gasteiger partial charge in [-0.05, 0) is 24.0 Å². The highest BCUT2D eigenvalue weighted by molar-refractivity contribution is 5.18. The first kappa shape index (κ1) is 17.6. The average Bonchev–Trinajstić information content (AvgIpc) is 2.57. The van der Waals surface area contributed by atoms with Gasteiger partial charge in [0.25, 0.3) is 0 Å². The summed E-state index contributed by atoms with van der Waals surface area (Å²) in [6.07, 6.45) is 0.302. The number of aliphatic hydroxyl groups is 2. The molecule has 0 amide bonds. The quantitative estimate of drug-likeness (QED) is 0.587. The molecule has 23 heavy (non-hydrogen) atoms. The van der Waals surface area contributed by atoms with E-state index in [-0.39, 0.29) is 12.6 Å². The summed E-state index contributed by atoms with van der Waals surface area (Å²) in [5.41, 5.74) is 14.5. The summed E-state index contributed by atoms with van der Waals surface area (Å²) in [6.45, 7) is -0.183. The maximum atomic E-state index is 10.5. The first-order chi connectivity index (χ1) is 11.1. The molecule has 0 heterocycles. The fourth-order valence-corrected chi connectivity index (χ4v) is 2.86. The summed E-state index contributed by atoms with van der Waals surface area (Å²) in [6, 6.07) is 18.8. The predicted octanol–water partition coefficient (Wildman–Crippen LogP) is 1.10. The smallest absolute Gasteiger partial charge is 0.0759 e. The highest BCUT2D eigenvalue weighted by Gasteiger charge is 2.29. The molecule has 0 spiro atoms. The second-order valence-electron chi connectivity index (χ2n) is 6.04. The molecule has 0 unspecified atom stereocenters. The third-order valence-corrected chi connectivity index (χ3v) is 4.27. The minimum Gasteiger partial charge on any atom is -0.396 e. The van der Waals surface area contributed by atoms with Gasteiger partial charge in [-0.25, -0.2) is 0 Å². The Bertz CT molecular complexity index is 562. The first-order valence-electron chi connectivity index (χ1n) is 7.99. The summed E-state index contributed by atoms with van der Waals surface area (Å²) < 4.78 is 0. The van der Waals surface area contributed by atoms with E-state index in [0.717, 1.165) is 11.1 Å². The minimum absolute atomic E-state index is 0.183. The van der Waals surface area contributed by atoms with Crippen molar-refractivity contribution in [3.05, 3.63) is 71.8 Å². The maximum absolute atomic E-state index is 10.5. The van der Waals surface area contributed by atoms with E-state index in [4.69, 9.17) is 11.5 Å². The Kier molecular flexibility index (Phi) is 6.74. The van der Waals surface area contributed by atoms with Crippen molar-refractivity contribution >= 4 is 0 Å². The van der Waals surface area contributed by atoms with E-state index in [1.807, 2.05) is 60.7 Å². The largest absolute Gasteiger partial charge is 0.396 e. The number of nitrogens with two attached hydrogens (primary N) is 2. The van der Waals surface area contributed by atoms with Crippen molar-refractivity contribution in [1.82, 2.24) is 0 Å². The molecule has 0 aliphatic heterocycles. The van der Waals surface area contributed by atoms with E-state index < -0.39 is 18.1 Å². The monoisotopic (exact) mass is 314 g/mol. The van der Waals surface area contributed by atoms with Crippen molar-refractivity contribution in [3.8, 4) is 0 Å². The fourth-order valence-electron chi connectivity index (χ4n) is 2.86. The Morgan fingerprint density at radius 2 is 1.17 bits per heavy atom. The molecule has 0 fully saturated rings. The molecule has 6 N–H and O–H groups in total. The SMILES string of the molecule is N[C@@H](Cc1ccccc1)[C@@H](O)[C@@H](CO)[C@@H](N)Cc1ccccc1. The van der Waals surface area contributed by atoms with Crippen LogP contribution in [-0.4, -0.2) is 35.0 Å². The van der Waals surface area contributed by atoms with Gasteiger partial charge >= 0.3 is 0 Å². The van der Waals surface area contributed by atoms with Crippen LogP contribution in [0, 0.1) is 5.92 Å². The van der Waals surface area contributed by atoms with E-state index in [0.29, 0.717) is 12.8 Å². The summed E-state index contributed by atoms with van der Waals surface area (Å²) in [5.74, 6) is -0.450. The zero-order valence-electron chi connectivity index (χ0n) is 13.3. The van der Waals surface area contributed by atoms with Gasteiger partial charge in [0, 0.05) is 24.6 Å². The van der Waals surface area contributed by atoms with Crippen LogP contribution in [0.5, 0.6) is 0 Å². The molecule has 124 valence electrons. The van der Waals surface area contributed by atoms with E-state index >= 15 is 0 Å². The molecule has 0 saturated carbocycles. The second kappa shape index (κ2) is 8.79. The Labute approximate surface area is 137 Å². The van der Waals surface area contributed by atoms with Gasteiger partial charge in [0.15, 0.2) is 0 Å². The predicted molar refractivity (Wildman–Crippen MR) is 92.8 cm³/mol. The van der Waals surface area contributed by atoms with Crippen LogP contribution in [0.1, 0.15) is 11.1 Å². The number of rotatable bonds is 8. The Balaban J connectivity index is 1.98. The van der Waals surface area contributed by atoms with Crippen molar-refractivity contribution in [2.45, 2.75) is 31.0 Å². The number of benzene rings is 2. The van der Waals surface area contributed by atoms with Gasteiger partial charge in [-0.1, -0.05) is 60.7 Å². The Morgan fingerprint density at radius 3 is 1.61 bits per heavy atom. The van der Waals surface area contributed by atoms with E-state index in [1.54, 1.807) is 0 Å². The topological polar surface area (TPSA) is 92.5 Å². The lowest BCUT2D eigenvalue weighted by molar-refractivity contribution is 0.0346. The molecule has 0 bridgehead atoms. The van der Waals surface area contributed by atoms with Crippen LogP contribution in [0.25, 0.3) is 0 Å². The van der Waals surface area contributed by atoms with Crippen LogP contribution in [0.4, 0.5) is 0 Å². The summed E-state index contributed by atoms with van der Waals surface area (Å²) in [4.78, 5) is 0. The highest BCUT2D eigenvalue weighted by atomic mass is 16.3. The standard InChI is InChI=1S/C19H26N2O2/c20-17(11-14-7-3-1-4-8-14)16(13-22)19(23)18(21)12-15-9-5-2-6-10-15/h1-10,16-19,22-23H,11-13,20-21H2/t16-,17-,18-,19-/m0/s1. The van der Waals surface area contributed by atoms with Gasteiger partial charge in [0.05, 0.1) is 6.10 Å². The minimum atomic E-state index is -0.848. The maximum Gasteiger partial charge on any atom is 0.0759 e. The number of hydrogen-bond acceptors (Lipinski definition) is 4. The zero-order valence-corrected chi connectivity index (χ0v) is 13.3. The van der Waals surface area contributed by atoms with Gasteiger partial charge in [0.2, 0.25) is 0 Å². The van der Waals surface area contributed by atoms with Gasteiger partial charge in [-0.3, -0.25) is 0 Å². The van der Waals surface area contributed by atoms with Crippen LogP contribution in [0.3, 0.4) is 0 Å². The molecule has 4 nitrogen and oxygen atoms in total. The molecule has 0 aliphatic carbocycles. The molecular formula is C19H26N2O2. The molecule has 0 radical (unpaired) electrons. The Hall–Kier alpha value is -1.72. The lowest BCUT2D eigenvalue weighted by Crippen LogP contribution is -2.50. The summed E-state index contributed by atoms with van der Waals surface area (Å²) in [5, 5.41) is 20.2. The van der Waals surface area contributed by atoms with Crippen LogP contribution < -0.4 is 11.5 Å². The van der Waals surface area contributed by atoms with Crippen molar-refractivity contribution < 1.29 is 10.2 Å². The molecule has 0 aromatic heterocycles. The van der Waals surface area contributed by atoms with E-state index in [2.05, 4.69) is 0 Å². The fraction of sp³-hybridized carbons (Fsp3) is 0.368. The number of hydrogen-bond donors (Lipinski definition) is 4. The van der Waals surface area contributed by atoms with Crippen LogP contribution in [0.2, 0.25) is 0 Å². The van der Waals surface area contributed by atoms with Crippen LogP contribution in [-0.2, 0) is 12.8 Å². The first-order valence-corrected chi connectivity index (χ1v) is 7.99. The van der Waals surface area contributed by atoms with Crippen molar-refractivity contribution in [1.29, 1.82) is 0 Å². The van der Waals surface area contributed by atoms with Crippen molar-refractivity contribution in [2.75, 3.05) is 6.61 Å². The van der Waals surface area contributed by atoms with E-state index in [9.17, 15) is 10.2 Å². The third-order valence-electron chi connectivity index (χ3n) is 4.27. The highest BCUT2D eigenvalue weighted by Crippen LogP contribution is 2.17. The van der Waals surface area contributed by atoms with Gasteiger partial charge < -0.3 is 21.7 Å². The molecule has 2 aromatic rings. The third kappa shape index (κ3) is 5.15. The van der Waals surface area contributed by atoms with Gasteiger partial charge in [0.1, 0.15) is 0 Å². The van der Waals surface area contributed by atoms with Crippen LogP contribution >= 0.6 is 0 Å². The molecule has 4 heteroatoms. The number of aliphatic hydroxyl groups excluding tert-OH is 2. The van der Waals surface area contributed by atoms with Crippen molar-refractivity contribution in [3.63, 3.8) is 0 Å². The lowest BCUT2D eigenvalue weighted by Gasteiger charge is -2.30. The molecule has 0 aliphatic rings. The van der Waals surface area contributed by atoms with E-state index in [1.165, 1.54) is 0 Å². The Morgan fingerprint density at radius 1 is 0.739 bits per heavy atom. The summed E-state index contributed by atoms with van der Waals surface area (Å²) >= 11 is 0. The van der Waals surface area contributed by atoms with Gasteiger partial charge in [-0.15, -0.1) is 0 Å². The average molecular weight is 314 g/mol. The molecule has 0 saturated heterocycles. The van der Waals surface area contributed by atoms with Gasteiger partial charge in [-0.2, -0.15) is 0 Å². The zero-order chi connectivity index (χ0) is 16.7. The van der Waals surface area contributed by atoms with Crippen LogP contribution in [0.15, 0.2) is 60.7 Å². The molecule has 2 rings (SSSR count). The normalized spacial score (nSPS) is 16.5. The molecule has 4 atom stereocenters.